The van der Waals surface area contributed by atoms with Crippen molar-refractivity contribution < 1.29 is 0 Å². The minimum Gasteiger partial charge on any atom is -0.245 e. The number of aryl methyl sites for hydroxylation is 1. The molecule has 0 unspecified atom stereocenters. The average Bonchev–Trinajstić information content (AvgIpc) is 2.33. The zero-order valence-corrected chi connectivity index (χ0v) is 9.27. The van der Waals surface area contributed by atoms with Crippen molar-refractivity contribution in [2.24, 2.45) is 0 Å². The fourth-order valence-electron chi connectivity index (χ4n) is 0.954. The van der Waals surface area contributed by atoms with Crippen LogP contribution in [0.2, 0.25) is 0 Å². The van der Waals surface area contributed by atoms with Gasteiger partial charge in [0.25, 0.3) is 0 Å². The van der Waals surface area contributed by atoms with Crippen LogP contribution in [-0.4, -0.2) is 19.9 Å². The monoisotopic (exact) mass is 229 g/mol. The molecule has 0 saturated carbocycles. The SMILES string of the molecule is Cc1cnc(Sc2cnc(C#N)cn2)nc1. The van der Waals surface area contributed by atoms with E-state index in [4.69, 9.17) is 5.26 Å². The number of hydrogen-bond acceptors (Lipinski definition) is 6. The lowest BCUT2D eigenvalue weighted by atomic mass is 10.4. The van der Waals surface area contributed by atoms with E-state index in [1.54, 1.807) is 12.4 Å². The molecule has 0 aliphatic rings. The lowest BCUT2D eigenvalue weighted by Gasteiger charge is -1.98. The normalized spacial score (nSPS) is 9.75. The Balaban J connectivity index is 2.15. The van der Waals surface area contributed by atoms with Gasteiger partial charge in [0.05, 0.1) is 12.4 Å². The summed E-state index contributed by atoms with van der Waals surface area (Å²) in [5, 5.41) is 9.85. The summed E-state index contributed by atoms with van der Waals surface area (Å²) in [6.45, 7) is 1.93. The van der Waals surface area contributed by atoms with E-state index in [1.165, 1.54) is 24.2 Å². The van der Waals surface area contributed by atoms with Crippen LogP contribution in [0.1, 0.15) is 11.3 Å². The van der Waals surface area contributed by atoms with E-state index in [-0.39, 0.29) is 0 Å². The first-order valence-electron chi connectivity index (χ1n) is 4.46. The van der Waals surface area contributed by atoms with Gasteiger partial charge in [-0.25, -0.2) is 19.9 Å². The van der Waals surface area contributed by atoms with Crippen molar-refractivity contribution in [3.63, 3.8) is 0 Å². The number of nitriles is 1. The highest BCUT2D eigenvalue weighted by atomic mass is 32.2. The Morgan fingerprint density at radius 3 is 2.38 bits per heavy atom. The predicted molar refractivity (Wildman–Crippen MR) is 57.6 cm³/mol. The van der Waals surface area contributed by atoms with E-state index >= 15 is 0 Å². The van der Waals surface area contributed by atoms with Crippen LogP contribution in [-0.2, 0) is 0 Å². The average molecular weight is 229 g/mol. The van der Waals surface area contributed by atoms with Crippen molar-refractivity contribution in [1.82, 2.24) is 19.9 Å². The van der Waals surface area contributed by atoms with E-state index in [2.05, 4.69) is 19.9 Å². The summed E-state index contributed by atoms with van der Waals surface area (Å²) in [6.07, 6.45) is 6.45. The molecule has 5 nitrogen and oxygen atoms in total. The third-order valence-electron chi connectivity index (χ3n) is 1.70. The molecular formula is C10H7N5S. The van der Waals surface area contributed by atoms with Crippen LogP contribution in [0.5, 0.6) is 0 Å². The van der Waals surface area contributed by atoms with Gasteiger partial charge >= 0.3 is 0 Å². The number of aromatic nitrogens is 4. The molecule has 0 aliphatic heterocycles. The van der Waals surface area contributed by atoms with Gasteiger partial charge in [-0.05, 0) is 24.2 Å². The predicted octanol–water partition coefficient (Wildman–Crippen LogP) is 1.60. The molecule has 0 bridgehead atoms. The largest absolute Gasteiger partial charge is 0.245 e. The van der Waals surface area contributed by atoms with Crippen molar-refractivity contribution in [3.05, 3.63) is 36.0 Å². The maximum Gasteiger partial charge on any atom is 0.193 e. The molecule has 2 aromatic heterocycles. The molecule has 2 rings (SSSR count). The van der Waals surface area contributed by atoms with Gasteiger partial charge in [0.15, 0.2) is 10.9 Å². The smallest absolute Gasteiger partial charge is 0.193 e. The Morgan fingerprint density at radius 1 is 1.06 bits per heavy atom. The van der Waals surface area contributed by atoms with Gasteiger partial charge in [-0.1, -0.05) is 0 Å². The Hall–Kier alpha value is -2.00. The van der Waals surface area contributed by atoms with Crippen LogP contribution >= 0.6 is 11.8 Å². The van der Waals surface area contributed by atoms with Gasteiger partial charge in [0.2, 0.25) is 0 Å². The van der Waals surface area contributed by atoms with E-state index in [1.807, 2.05) is 13.0 Å². The summed E-state index contributed by atoms with van der Waals surface area (Å²) in [5.74, 6) is 0. The molecule has 0 saturated heterocycles. The van der Waals surface area contributed by atoms with Gasteiger partial charge in [-0.2, -0.15) is 5.26 Å². The molecule has 2 aromatic rings. The molecule has 0 aromatic carbocycles. The second-order valence-corrected chi connectivity index (χ2v) is 3.98. The molecule has 0 N–H and O–H groups in total. The summed E-state index contributed by atoms with van der Waals surface area (Å²) in [4.78, 5) is 16.2. The zero-order chi connectivity index (χ0) is 11.4. The van der Waals surface area contributed by atoms with Crippen molar-refractivity contribution in [1.29, 1.82) is 5.26 Å². The summed E-state index contributed by atoms with van der Waals surface area (Å²) in [5.41, 5.74) is 1.31. The quantitative estimate of drug-likeness (QED) is 0.728. The van der Waals surface area contributed by atoms with E-state index in [0.717, 1.165) is 5.56 Å². The third kappa shape index (κ3) is 2.52. The first-order chi connectivity index (χ1) is 7.78. The van der Waals surface area contributed by atoms with Gasteiger partial charge < -0.3 is 0 Å². The molecule has 2 heterocycles. The van der Waals surface area contributed by atoms with Crippen molar-refractivity contribution in [2.75, 3.05) is 0 Å². The molecule has 0 fully saturated rings. The van der Waals surface area contributed by atoms with Gasteiger partial charge in [0.1, 0.15) is 11.1 Å². The molecular weight excluding hydrogens is 222 g/mol. The van der Waals surface area contributed by atoms with Crippen LogP contribution in [0.4, 0.5) is 0 Å². The van der Waals surface area contributed by atoms with E-state index < -0.39 is 0 Å². The van der Waals surface area contributed by atoms with Crippen LogP contribution in [0, 0.1) is 18.3 Å². The van der Waals surface area contributed by atoms with Crippen LogP contribution < -0.4 is 0 Å². The zero-order valence-electron chi connectivity index (χ0n) is 8.45. The van der Waals surface area contributed by atoms with Gasteiger partial charge in [-0.3, -0.25) is 0 Å². The number of nitrogens with zero attached hydrogens (tertiary/aromatic N) is 5. The summed E-state index contributed by atoms with van der Waals surface area (Å²) >= 11 is 1.31. The van der Waals surface area contributed by atoms with Gasteiger partial charge in [0, 0.05) is 12.4 Å². The Bertz CT molecular complexity index is 514. The summed E-state index contributed by atoms with van der Waals surface area (Å²) in [6, 6.07) is 1.91. The number of hydrogen-bond donors (Lipinski definition) is 0. The molecule has 78 valence electrons. The first-order valence-corrected chi connectivity index (χ1v) is 5.28. The maximum absolute atomic E-state index is 8.56. The highest BCUT2D eigenvalue weighted by Crippen LogP contribution is 2.20. The highest BCUT2D eigenvalue weighted by Gasteiger charge is 2.02. The lowest BCUT2D eigenvalue weighted by molar-refractivity contribution is 0.939. The molecule has 16 heavy (non-hydrogen) atoms. The number of rotatable bonds is 2. The fourth-order valence-corrected chi connectivity index (χ4v) is 1.56. The van der Waals surface area contributed by atoms with E-state index in [9.17, 15) is 0 Å². The van der Waals surface area contributed by atoms with Gasteiger partial charge in [-0.15, -0.1) is 0 Å². The Morgan fingerprint density at radius 2 is 1.81 bits per heavy atom. The summed E-state index contributed by atoms with van der Waals surface area (Å²) < 4.78 is 0. The molecule has 0 aliphatic carbocycles. The summed E-state index contributed by atoms with van der Waals surface area (Å²) in [7, 11) is 0. The highest BCUT2D eigenvalue weighted by molar-refractivity contribution is 7.99. The third-order valence-corrected chi connectivity index (χ3v) is 2.51. The molecule has 0 spiro atoms. The van der Waals surface area contributed by atoms with Crippen LogP contribution in [0.3, 0.4) is 0 Å². The standard InChI is InChI=1S/C10H7N5S/c1-7-3-14-10(15-4-7)16-9-6-12-8(2-11)5-13-9/h3-6H,1H3. The lowest BCUT2D eigenvalue weighted by Crippen LogP contribution is -1.90. The van der Waals surface area contributed by atoms with Crippen molar-refractivity contribution >= 4 is 11.8 Å². The molecule has 0 radical (unpaired) electrons. The first kappa shape index (κ1) is 10.5. The molecule has 0 amide bonds. The second-order valence-electron chi connectivity index (χ2n) is 3.00. The Kier molecular flexibility index (Phi) is 3.08. The van der Waals surface area contributed by atoms with E-state index in [0.29, 0.717) is 15.9 Å². The van der Waals surface area contributed by atoms with Crippen LogP contribution in [0.15, 0.2) is 35.0 Å². The topological polar surface area (TPSA) is 75.3 Å². The molecule has 6 heteroatoms. The Labute approximate surface area is 96.6 Å². The van der Waals surface area contributed by atoms with Crippen molar-refractivity contribution in [2.45, 2.75) is 17.1 Å². The fraction of sp³-hybridized carbons (Fsp3) is 0.100. The minimum atomic E-state index is 0.300. The van der Waals surface area contributed by atoms with Crippen molar-refractivity contribution in [3.8, 4) is 6.07 Å². The minimum absolute atomic E-state index is 0.300. The molecule has 0 atom stereocenters. The maximum atomic E-state index is 8.56. The second kappa shape index (κ2) is 4.68. The van der Waals surface area contributed by atoms with Crippen LogP contribution in [0.25, 0.3) is 0 Å².